The number of rotatable bonds is 4. The number of hydrogen-bond donors (Lipinski definition) is 1. The van der Waals surface area contributed by atoms with Gasteiger partial charge in [-0.25, -0.2) is 0 Å². The van der Waals surface area contributed by atoms with E-state index in [1.807, 2.05) is 31.2 Å². The van der Waals surface area contributed by atoms with Gasteiger partial charge in [-0.15, -0.1) is 0 Å². The third-order valence-electron chi connectivity index (χ3n) is 5.33. The average molecular weight is 344 g/mol. The van der Waals surface area contributed by atoms with Crippen molar-refractivity contribution in [3.05, 3.63) is 29.8 Å². The van der Waals surface area contributed by atoms with Gasteiger partial charge in [-0.05, 0) is 33.2 Å². The smallest absolute Gasteiger partial charge is 0.227 e. The van der Waals surface area contributed by atoms with Crippen LogP contribution in [-0.2, 0) is 9.59 Å². The molecular formula is C19H28N4O2. The molecule has 6 nitrogen and oxygen atoms in total. The lowest BCUT2D eigenvalue weighted by atomic mass is 10.1. The first kappa shape index (κ1) is 17.9. The Labute approximate surface area is 149 Å². The second-order valence-corrected chi connectivity index (χ2v) is 7.38. The first-order valence-electron chi connectivity index (χ1n) is 8.97. The summed E-state index contributed by atoms with van der Waals surface area (Å²) in [5.41, 5.74) is 2.03. The molecule has 6 heteroatoms. The number of nitrogens with zero attached hydrogens (tertiary/aromatic N) is 3. The highest BCUT2D eigenvalue weighted by Crippen LogP contribution is 2.25. The van der Waals surface area contributed by atoms with Crippen molar-refractivity contribution in [1.82, 2.24) is 15.1 Å². The van der Waals surface area contributed by atoms with Crippen molar-refractivity contribution in [2.24, 2.45) is 5.92 Å². The molecule has 2 heterocycles. The number of carbonyl (C=O) groups is 2. The zero-order chi connectivity index (χ0) is 18.0. The molecule has 0 aliphatic carbocycles. The molecule has 1 N–H and O–H groups in total. The second kappa shape index (κ2) is 7.54. The van der Waals surface area contributed by atoms with Crippen molar-refractivity contribution in [3.63, 3.8) is 0 Å². The van der Waals surface area contributed by atoms with E-state index in [0.29, 0.717) is 25.6 Å². The van der Waals surface area contributed by atoms with Crippen LogP contribution >= 0.6 is 0 Å². The number of carbonyl (C=O) groups excluding carboxylic acids is 2. The maximum atomic E-state index is 12.5. The van der Waals surface area contributed by atoms with Gasteiger partial charge >= 0.3 is 0 Å². The van der Waals surface area contributed by atoms with Gasteiger partial charge in [0.05, 0.1) is 5.92 Å². The number of piperazine rings is 1. The van der Waals surface area contributed by atoms with Gasteiger partial charge in [0.15, 0.2) is 0 Å². The Bertz CT molecular complexity index is 631. The second-order valence-electron chi connectivity index (χ2n) is 7.38. The van der Waals surface area contributed by atoms with E-state index in [4.69, 9.17) is 0 Å². The minimum Gasteiger partial charge on any atom is -0.354 e. The fourth-order valence-corrected chi connectivity index (χ4v) is 3.54. The monoisotopic (exact) mass is 344 g/mol. The molecule has 3 rings (SSSR count). The van der Waals surface area contributed by atoms with Gasteiger partial charge in [0, 0.05) is 50.9 Å². The molecule has 2 aliphatic rings. The number of amides is 2. The summed E-state index contributed by atoms with van der Waals surface area (Å²) in [6, 6.07) is 8.20. The molecule has 1 aromatic carbocycles. The summed E-state index contributed by atoms with van der Waals surface area (Å²) in [4.78, 5) is 31.1. The minimum atomic E-state index is -0.263. The number of anilines is 1. The summed E-state index contributed by atoms with van der Waals surface area (Å²) in [5.74, 6) is -0.247. The van der Waals surface area contributed by atoms with E-state index in [1.54, 1.807) is 4.90 Å². The van der Waals surface area contributed by atoms with E-state index >= 15 is 0 Å². The van der Waals surface area contributed by atoms with E-state index in [1.165, 1.54) is 0 Å². The predicted molar refractivity (Wildman–Crippen MR) is 98.6 cm³/mol. The van der Waals surface area contributed by atoms with Gasteiger partial charge in [-0.2, -0.15) is 0 Å². The van der Waals surface area contributed by atoms with Crippen molar-refractivity contribution in [3.8, 4) is 0 Å². The van der Waals surface area contributed by atoms with Gasteiger partial charge < -0.3 is 15.1 Å². The van der Waals surface area contributed by atoms with Crippen LogP contribution in [0.5, 0.6) is 0 Å². The van der Waals surface area contributed by atoms with Crippen molar-refractivity contribution in [2.75, 3.05) is 51.7 Å². The van der Waals surface area contributed by atoms with Crippen LogP contribution in [0.2, 0.25) is 0 Å². The Morgan fingerprint density at radius 2 is 1.88 bits per heavy atom. The summed E-state index contributed by atoms with van der Waals surface area (Å²) in [6.07, 6.45) is 0.292. The maximum Gasteiger partial charge on any atom is 0.227 e. The number of nitrogens with one attached hydrogen (secondary N) is 1. The molecule has 0 spiro atoms. The van der Waals surface area contributed by atoms with Gasteiger partial charge in [0.2, 0.25) is 11.8 Å². The lowest BCUT2D eigenvalue weighted by Gasteiger charge is -2.37. The van der Waals surface area contributed by atoms with Gasteiger partial charge in [-0.1, -0.05) is 17.7 Å². The molecule has 0 radical (unpaired) electrons. The minimum absolute atomic E-state index is 0.00964. The molecule has 136 valence electrons. The summed E-state index contributed by atoms with van der Waals surface area (Å²) in [7, 11) is 4.21. The van der Waals surface area contributed by atoms with Crippen LogP contribution in [0.1, 0.15) is 12.0 Å². The topological polar surface area (TPSA) is 55.9 Å². The van der Waals surface area contributed by atoms with Crippen molar-refractivity contribution in [2.45, 2.75) is 19.4 Å². The summed E-state index contributed by atoms with van der Waals surface area (Å²) < 4.78 is 0. The summed E-state index contributed by atoms with van der Waals surface area (Å²) in [5, 5.41) is 3.06. The van der Waals surface area contributed by atoms with Crippen LogP contribution in [0, 0.1) is 12.8 Å². The summed E-state index contributed by atoms with van der Waals surface area (Å²) >= 11 is 0. The Morgan fingerprint density at radius 1 is 1.16 bits per heavy atom. The zero-order valence-electron chi connectivity index (χ0n) is 15.4. The van der Waals surface area contributed by atoms with Crippen LogP contribution in [-0.4, -0.2) is 74.5 Å². The third-order valence-corrected chi connectivity index (χ3v) is 5.33. The highest BCUT2D eigenvalue weighted by molar-refractivity contribution is 6.00. The Balaban J connectivity index is 1.54. The average Bonchev–Trinajstić information content (AvgIpc) is 2.98. The van der Waals surface area contributed by atoms with Crippen LogP contribution in [0.15, 0.2) is 24.3 Å². The van der Waals surface area contributed by atoms with Gasteiger partial charge in [-0.3, -0.25) is 14.5 Å². The molecule has 0 bridgehead atoms. The molecule has 2 fully saturated rings. The summed E-state index contributed by atoms with van der Waals surface area (Å²) in [6.45, 7) is 6.15. The van der Waals surface area contributed by atoms with Crippen LogP contribution in [0.3, 0.4) is 0 Å². The van der Waals surface area contributed by atoms with E-state index in [-0.39, 0.29) is 17.7 Å². The third kappa shape index (κ3) is 4.19. The van der Waals surface area contributed by atoms with Crippen LogP contribution < -0.4 is 10.2 Å². The van der Waals surface area contributed by atoms with Gasteiger partial charge in [0.25, 0.3) is 0 Å². The SMILES string of the molecule is Cc1ccc(N2C[C@H](C(=O)NC[C@@H]3CN(C)CCN3C)CC2=O)cc1. The number of likely N-dealkylation sites (N-methyl/N-ethyl adjacent to an activating group) is 2. The van der Waals surface area contributed by atoms with Crippen molar-refractivity contribution in [1.29, 1.82) is 0 Å². The van der Waals surface area contributed by atoms with E-state index in [9.17, 15) is 9.59 Å². The van der Waals surface area contributed by atoms with E-state index in [2.05, 4.69) is 29.2 Å². The first-order chi connectivity index (χ1) is 11.9. The molecule has 0 unspecified atom stereocenters. The number of benzene rings is 1. The Kier molecular flexibility index (Phi) is 5.39. The standard InChI is InChI=1S/C19H28N4O2/c1-14-4-6-16(7-5-14)23-12-15(10-18(23)24)19(25)20-11-17-13-21(2)8-9-22(17)3/h4-7,15,17H,8-13H2,1-3H3,(H,20,25)/t15-,17-/m1/s1. The molecule has 25 heavy (non-hydrogen) atoms. The molecule has 0 aromatic heterocycles. The quantitative estimate of drug-likeness (QED) is 0.874. The van der Waals surface area contributed by atoms with E-state index in [0.717, 1.165) is 30.9 Å². The fourth-order valence-electron chi connectivity index (χ4n) is 3.54. The maximum absolute atomic E-state index is 12.5. The largest absolute Gasteiger partial charge is 0.354 e. The normalized spacial score (nSPS) is 25.4. The molecule has 2 atom stereocenters. The van der Waals surface area contributed by atoms with Gasteiger partial charge in [0.1, 0.15) is 0 Å². The van der Waals surface area contributed by atoms with E-state index < -0.39 is 0 Å². The fraction of sp³-hybridized carbons (Fsp3) is 0.579. The lowest BCUT2D eigenvalue weighted by molar-refractivity contribution is -0.126. The zero-order valence-corrected chi connectivity index (χ0v) is 15.4. The molecule has 0 saturated carbocycles. The molecular weight excluding hydrogens is 316 g/mol. The molecule has 2 amide bonds. The van der Waals surface area contributed by atoms with Crippen LogP contribution in [0.25, 0.3) is 0 Å². The lowest BCUT2D eigenvalue weighted by Crippen LogP contribution is -2.54. The van der Waals surface area contributed by atoms with Crippen molar-refractivity contribution < 1.29 is 9.59 Å². The first-order valence-corrected chi connectivity index (χ1v) is 8.97. The molecule has 2 saturated heterocycles. The highest BCUT2D eigenvalue weighted by atomic mass is 16.2. The number of aryl methyl sites for hydroxylation is 1. The Morgan fingerprint density at radius 3 is 2.60 bits per heavy atom. The Hall–Kier alpha value is -1.92. The highest BCUT2D eigenvalue weighted by Gasteiger charge is 2.35. The molecule has 2 aliphatic heterocycles. The molecule has 1 aromatic rings. The van der Waals surface area contributed by atoms with Crippen molar-refractivity contribution >= 4 is 17.5 Å². The predicted octanol–water partition coefficient (Wildman–Crippen LogP) is 0.710. The number of hydrogen-bond acceptors (Lipinski definition) is 4. The van der Waals surface area contributed by atoms with Crippen LogP contribution in [0.4, 0.5) is 5.69 Å².